The number of benzene rings is 2. The van der Waals surface area contributed by atoms with Gasteiger partial charge in [0.05, 0.1) is 17.0 Å². The second kappa shape index (κ2) is 5.70. The Balaban J connectivity index is 2.20. The van der Waals surface area contributed by atoms with Crippen LogP contribution in [0.1, 0.15) is 24.1 Å². The number of fused-ring (bicyclic) bond motifs is 1. The van der Waals surface area contributed by atoms with Crippen molar-refractivity contribution in [2.24, 2.45) is 0 Å². The first-order valence-electron chi connectivity index (χ1n) is 7.04. The molecule has 126 valence electrons. The fourth-order valence-electron chi connectivity index (χ4n) is 2.74. The summed E-state index contributed by atoms with van der Waals surface area (Å²) in [5.74, 6) is -1.56. The Morgan fingerprint density at radius 3 is 2.33 bits per heavy atom. The number of hydrogen-bond acceptors (Lipinski definition) is 1. The lowest BCUT2D eigenvalue weighted by Crippen LogP contribution is -2.07. The van der Waals surface area contributed by atoms with Crippen molar-refractivity contribution in [3.63, 3.8) is 0 Å². The molecule has 1 atom stereocenters. The third-order valence-electron chi connectivity index (χ3n) is 3.96. The van der Waals surface area contributed by atoms with Gasteiger partial charge in [-0.2, -0.15) is 13.2 Å². The molecule has 0 unspecified atom stereocenters. The lowest BCUT2D eigenvalue weighted by molar-refractivity contribution is -0.136. The minimum absolute atomic E-state index is 0.0133. The molecule has 1 N–H and O–H groups in total. The van der Waals surface area contributed by atoms with E-state index < -0.39 is 34.9 Å². The SMILES string of the molecule is C[C@@H](c1ccc(Cl)cc1)n1cc2cc(F)cc(C(F)(F)F)c2c1O. The fraction of sp³-hybridized carbons (Fsp3) is 0.176. The van der Waals surface area contributed by atoms with Crippen LogP contribution in [0.5, 0.6) is 5.88 Å². The molecule has 0 aliphatic carbocycles. The van der Waals surface area contributed by atoms with Crippen LogP contribution in [0.2, 0.25) is 5.02 Å². The highest BCUT2D eigenvalue weighted by atomic mass is 35.5. The van der Waals surface area contributed by atoms with E-state index in [9.17, 15) is 22.7 Å². The number of rotatable bonds is 2. The van der Waals surface area contributed by atoms with Crippen molar-refractivity contribution in [1.82, 2.24) is 4.57 Å². The van der Waals surface area contributed by atoms with E-state index in [0.717, 1.165) is 11.6 Å². The Hall–Kier alpha value is -2.21. The fourth-order valence-corrected chi connectivity index (χ4v) is 2.87. The molecule has 7 heteroatoms. The maximum Gasteiger partial charge on any atom is 0.417 e. The summed E-state index contributed by atoms with van der Waals surface area (Å²) in [6.45, 7) is 1.71. The summed E-state index contributed by atoms with van der Waals surface area (Å²) in [6.07, 6.45) is -3.46. The van der Waals surface area contributed by atoms with Crippen molar-refractivity contribution in [3.05, 3.63) is 64.6 Å². The summed E-state index contributed by atoms with van der Waals surface area (Å²) in [6, 6.07) is 7.61. The van der Waals surface area contributed by atoms with Gasteiger partial charge in [0.1, 0.15) is 5.82 Å². The largest absolute Gasteiger partial charge is 0.494 e. The minimum atomic E-state index is -4.77. The number of alkyl halides is 3. The van der Waals surface area contributed by atoms with Gasteiger partial charge in [0.2, 0.25) is 0 Å². The van der Waals surface area contributed by atoms with Gasteiger partial charge < -0.3 is 9.67 Å². The monoisotopic (exact) mass is 357 g/mol. The zero-order valence-electron chi connectivity index (χ0n) is 12.4. The molecule has 24 heavy (non-hydrogen) atoms. The topological polar surface area (TPSA) is 25.2 Å². The van der Waals surface area contributed by atoms with Gasteiger partial charge in [0.15, 0.2) is 5.88 Å². The molecule has 1 aromatic heterocycles. The Bertz CT molecular complexity index is 900. The van der Waals surface area contributed by atoms with E-state index in [-0.39, 0.29) is 5.39 Å². The quantitative estimate of drug-likeness (QED) is 0.579. The third kappa shape index (κ3) is 2.82. The van der Waals surface area contributed by atoms with Crippen molar-refractivity contribution >= 4 is 22.4 Å². The molecule has 0 radical (unpaired) electrons. The van der Waals surface area contributed by atoms with Gasteiger partial charge in [0, 0.05) is 16.6 Å². The average molecular weight is 358 g/mol. The Labute approximate surface area is 139 Å². The zero-order valence-corrected chi connectivity index (χ0v) is 13.2. The predicted octanol–water partition coefficient (Wildman–Crippen LogP) is 5.77. The minimum Gasteiger partial charge on any atom is -0.494 e. The van der Waals surface area contributed by atoms with Crippen LogP contribution in [0.3, 0.4) is 0 Å². The first kappa shape index (κ1) is 16.6. The van der Waals surface area contributed by atoms with Crippen LogP contribution >= 0.6 is 11.6 Å². The molecule has 2 aromatic carbocycles. The molecule has 0 saturated carbocycles. The maximum atomic E-state index is 13.5. The molecule has 0 spiro atoms. The molecule has 2 nitrogen and oxygen atoms in total. The second-order valence-electron chi connectivity index (χ2n) is 5.50. The lowest BCUT2D eigenvalue weighted by Gasteiger charge is -2.16. The number of nitrogens with zero attached hydrogens (tertiary/aromatic N) is 1. The molecule has 1 heterocycles. The van der Waals surface area contributed by atoms with Crippen LogP contribution in [0.4, 0.5) is 17.6 Å². The van der Waals surface area contributed by atoms with E-state index in [1.807, 2.05) is 0 Å². The van der Waals surface area contributed by atoms with Crippen LogP contribution in [0.15, 0.2) is 42.6 Å². The Kier molecular flexibility index (Phi) is 3.95. The van der Waals surface area contributed by atoms with Crippen LogP contribution < -0.4 is 0 Å². The molecular formula is C17H12ClF4NO. The first-order valence-corrected chi connectivity index (χ1v) is 7.42. The summed E-state index contributed by atoms with van der Waals surface area (Å²) in [4.78, 5) is 0. The Morgan fingerprint density at radius 1 is 1.12 bits per heavy atom. The van der Waals surface area contributed by atoms with Crippen LogP contribution in [-0.4, -0.2) is 9.67 Å². The van der Waals surface area contributed by atoms with Crippen LogP contribution in [0.25, 0.3) is 10.8 Å². The molecule has 3 rings (SSSR count). The smallest absolute Gasteiger partial charge is 0.417 e. The third-order valence-corrected chi connectivity index (χ3v) is 4.21. The molecule has 0 aliphatic heterocycles. The van der Waals surface area contributed by atoms with E-state index >= 15 is 0 Å². The normalized spacial score (nSPS) is 13.4. The van der Waals surface area contributed by atoms with Crippen molar-refractivity contribution in [1.29, 1.82) is 0 Å². The lowest BCUT2D eigenvalue weighted by atomic mass is 10.1. The highest BCUT2D eigenvalue weighted by Gasteiger charge is 2.35. The van der Waals surface area contributed by atoms with E-state index in [2.05, 4.69) is 0 Å². The van der Waals surface area contributed by atoms with Gasteiger partial charge >= 0.3 is 6.18 Å². The van der Waals surface area contributed by atoms with E-state index in [4.69, 9.17) is 11.6 Å². The Morgan fingerprint density at radius 2 is 1.75 bits per heavy atom. The van der Waals surface area contributed by atoms with E-state index in [1.165, 1.54) is 10.8 Å². The molecule has 0 amide bonds. The van der Waals surface area contributed by atoms with Gasteiger partial charge in [-0.25, -0.2) is 4.39 Å². The summed E-state index contributed by atoms with van der Waals surface area (Å²) >= 11 is 5.82. The maximum absolute atomic E-state index is 13.5. The summed E-state index contributed by atoms with van der Waals surface area (Å²) in [7, 11) is 0. The van der Waals surface area contributed by atoms with Crippen molar-refractivity contribution in [2.75, 3.05) is 0 Å². The number of aromatic nitrogens is 1. The van der Waals surface area contributed by atoms with Crippen molar-refractivity contribution in [2.45, 2.75) is 19.1 Å². The summed E-state index contributed by atoms with van der Waals surface area (Å²) in [5.41, 5.74) is -0.457. The van der Waals surface area contributed by atoms with Crippen molar-refractivity contribution < 1.29 is 22.7 Å². The van der Waals surface area contributed by atoms with Gasteiger partial charge in [0.25, 0.3) is 0 Å². The van der Waals surface area contributed by atoms with Crippen molar-refractivity contribution in [3.8, 4) is 5.88 Å². The van der Waals surface area contributed by atoms with Gasteiger partial charge in [-0.15, -0.1) is 0 Å². The van der Waals surface area contributed by atoms with Crippen LogP contribution in [-0.2, 0) is 6.18 Å². The molecule has 0 saturated heterocycles. The first-order chi connectivity index (χ1) is 11.2. The number of aromatic hydroxyl groups is 1. The molecule has 0 aliphatic rings. The highest BCUT2D eigenvalue weighted by Crippen LogP contribution is 2.42. The van der Waals surface area contributed by atoms with E-state index in [0.29, 0.717) is 11.1 Å². The number of hydrogen-bond donors (Lipinski definition) is 1. The standard InChI is InChI=1S/C17H12ClF4NO/c1-9(10-2-4-12(18)5-3-10)23-8-11-6-13(19)7-14(17(20,21)22)15(11)16(23)24/h2-9,24H,1H3/t9-/m0/s1. The average Bonchev–Trinajstić information content (AvgIpc) is 2.82. The van der Waals surface area contributed by atoms with E-state index in [1.54, 1.807) is 31.2 Å². The predicted molar refractivity (Wildman–Crippen MR) is 83.8 cm³/mol. The van der Waals surface area contributed by atoms with Gasteiger partial charge in [-0.05, 0) is 36.8 Å². The highest BCUT2D eigenvalue weighted by molar-refractivity contribution is 6.30. The molecular weight excluding hydrogens is 346 g/mol. The number of halogens is 5. The molecule has 0 fully saturated rings. The second-order valence-corrected chi connectivity index (χ2v) is 5.94. The molecule has 0 bridgehead atoms. The molecule has 3 aromatic rings. The zero-order chi connectivity index (χ0) is 17.6. The summed E-state index contributed by atoms with van der Waals surface area (Å²) in [5, 5.41) is 10.4. The van der Waals surface area contributed by atoms with Crippen LogP contribution in [0, 0.1) is 5.82 Å². The van der Waals surface area contributed by atoms with Gasteiger partial charge in [-0.1, -0.05) is 23.7 Å². The summed E-state index contributed by atoms with van der Waals surface area (Å²) < 4.78 is 54.3. The van der Waals surface area contributed by atoms with Gasteiger partial charge in [-0.3, -0.25) is 0 Å².